The summed E-state index contributed by atoms with van der Waals surface area (Å²) < 4.78 is 80.0. The smallest absolute Gasteiger partial charge is 0.458 e. The Labute approximate surface area is 289 Å². The fourth-order valence-corrected chi connectivity index (χ4v) is 5.75. The Hall–Kier alpha value is -4.31. The topological polar surface area (TPSA) is 132 Å². The number of Topliss-reactive ketones (excluding diaryl/α,β-unsaturated/α-hetero) is 2. The number of nitrogens with zero attached hydrogens (tertiary/aromatic N) is 1. The van der Waals surface area contributed by atoms with Gasteiger partial charge in [0.15, 0.2) is 0 Å². The van der Waals surface area contributed by atoms with Crippen LogP contribution in [0.25, 0.3) is 10.9 Å². The average molecular weight is 731 g/mol. The minimum atomic E-state index is -5.77. The molecule has 280 valence electrons. The second-order valence-electron chi connectivity index (χ2n) is 12.1. The normalized spacial score (nSPS) is 14.0. The molecule has 0 spiro atoms. The van der Waals surface area contributed by atoms with E-state index in [0.717, 1.165) is 55.3 Å². The van der Waals surface area contributed by atoms with E-state index in [0.29, 0.717) is 37.6 Å². The molecule has 16 heteroatoms. The van der Waals surface area contributed by atoms with Gasteiger partial charge in [-0.2, -0.15) is 26.3 Å². The highest BCUT2D eigenvalue weighted by Gasteiger charge is 2.54. The molecule has 51 heavy (non-hydrogen) atoms. The number of hydrogen-bond acceptors (Lipinski definition) is 7. The molecule has 1 aromatic heterocycles. The van der Waals surface area contributed by atoms with Gasteiger partial charge in [0.1, 0.15) is 11.6 Å². The standard InChI is InChI=1S/C31H41FN4O3.C4F6O2/c32-25-10-7-23(8-11-25)15-18-33-20-17-30(39)36(26-5-3-1-2-4-6-26)22-21-34-19-16-24-9-13-28(37)31-27(24)12-14-29(38)35-31;5-3(6,7)1(11)2(12)4(8,9)10/h7-14,26,33-34,37H,1-6,15-22H2,(H,35,38);. The molecule has 0 saturated heterocycles. The number of amides is 1. The predicted octanol–water partition coefficient (Wildman–Crippen LogP) is 5.53. The quantitative estimate of drug-likeness (QED) is 0.0743. The molecule has 1 heterocycles. The van der Waals surface area contributed by atoms with E-state index in [4.69, 9.17) is 0 Å². The Morgan fingerprint density at radius 2 is 1.35 bits per heavy atom. The second kappa shape index (κ2) is 19.3. The Balaban J connectivity index is 0.000000501. The zero-order chi connectivity index (χ0) is 37.6. The van der Waals surface area contributed by atoms with E-state index in [1.54, 1.807) is 24.3 Å². The highest BCUT2D eigenvalue weighted by molar-refractivity contribution is 6.41. The Morgan fingerprint density at radius 1 is 0.765 bits per heavy atom. The Morgan fingerprint density at radius 3 is 1.96 bits per heavy atom. The summed E-state index contributed by atoms with van der Waals surface area (Å²) in [5.41, 5.74) is 2.36. The number of nitrogens with one attached hydrogen (secondary N) is 3. The molecule has 4 rings (SSSR count). The number of aromatic nitrogens is 1. The number of ketones is 2. The third-order valence-electron chi connectivity index (χ3n) is 8.39. The number of phenolic OH excluding ortho intramolecular Hbond substituents is 1. The van der Waals surface area contributed by atoms with Gasteiger partial charge in [0, 0.05) is 43.5 Å². The Bertz CT molecular complexity index is 1630. The third kappa shape index (κ3) is 13.4. The van der Waals surface area contributed by atoms with E-state index in [9.17, 15) is 55.0 Å². The molecule has 2 aromatic carbocycles. The van der Waals surface area contributed by atoms with Crippen LogP contribution in [0.2, 0.25) is 0 Å². The van der Waals surface area contributed by atoms with Crippen molar-refractivity contribution in [2.24, 2.45) is 0 Å². The van der Waals surface area contributed by atoms with E-state index in [2.05, 4.69) is 20.5 Å². The molecule has 9 nitrogen and oxygen atoms in total. The molecular formula is C35H41F7N4O5. The minimum Gasteiger partial charge on any atom is -0.506 e. The Kier molecular flexibility index (Phi) is 15.6. The number of benzene rings is 2. The van der Waals surface area contributed by atoms with Crippen LogP contribution in [0.3, 0.4) is 0 Å². The first-order chi connectivity index (χ1) is 24.1. The molecule has 3 aromatic rings. The first kappa shape index (κ1) is 41.1. The fourth-order valence-electron chi connectivity index (χ4n) is 5.75. The van der Waals surface area contributed by atoms with Gasteiger partial charge in [-0.15, -0.1) is 0 Å². The third-order valence-corrected chi connectivity index (χ3v) is 8.39. The van der Waals surface area contributed by atoms with Crippen LogP contribution in [0.1, 0.15) is 56.1 Å². The maximum atomic E-state index is 13.3. The van der Waals surface area contributed by atoms with Crippen molar-refractivity contribution in [2.75, 3.05) is 32.7 Å². The van der Waals surface area contributed by atoms with Gasteiger partial charge in [0.2, 0.25) is 11.5 Å². The number of pyridine rings is 1. The van der Waals surface area contributed by atoms with Crippen LogP contribution in [0, 0.1) is 5.82 Å². The lowest BCUT2D eigenvalue weighted by Gasteiger charge is -2.32. The number of alkyl halides is 6. The van der Waals surface area contributed by atoms with Crippen LogP contribution in [-0.4, -0.2) is 83.6 Å². The summed E-state index contributed by atoms with van der Waals surface area (Å²) in [5.74, 6) is -6.77. The maximum Gasteiger partial charge on any atom is 0.458 e. The van der Waals surface area contributed by atoms with Crippen LogP contribution >= 0.6 is 0 Å². The van der Waals surface area contributed by atoms with Crippen molar-refractivity contribution in [3.05, 3.63) is 75.8 Å². The molecule has 1 saturated carbocycles. The molecule has 0 atom stereocenters. The van der Waals surface area contributed by atoms with Gasteiger partial charge in [0.05, 0.1) is 5.52 Å². The number of phenols is 1. The lowest BCUT2D eigenvalue weighted by atomic mass is 10.0. The van der Waals surface area contributed by atoms with E-state index in [1.165, 1.54) is 43.9 Å². The number of rotatable bonds is 14. The van der Waals surface area contributed by atoms with Gasteiger partial charge in [-0.3, -0.25) is 19.2 Å². The highest BCUT2D eigenvalue weighted by Crippen LogP contribution is 2.26. The number of H-pyrrole nitrogens is 1. The molecule has 0 unspecified atom stereocenters. The van der Waals surface area contributed by atoms with Gasteiger partial charge in [-0.1, -0.05) is 43.9 Å². The summed E-state index contributed by atoms with van der Waals surface area (Å²) in [4.78, 5) is 49.0. The van der Waals surface area contributed by atoms with E-state index >= 15 is 0 Å². The summed E-state index contributed by atoms with van der Waals surface area (Å²) in [6.45, 7) is 3.52. The van der Waals surface area contributed by atoms with Crippen molar-refractivity contribution in [3.8, 4) is 5.75 Å². The first-order valence-electron chi connectivity index (χ1n) is 16.6. The van der Waals surface area contributed by atoms with Gasteiger partial charge in [0.25, 0.3) is 0 Å². The molecular weight excluding hydrogens is 689 g/mol. The lowest BCUT2D eigenvalue weighted by molar-refractivity contribution is -0.193. The molecule has 0 radical (unpaired) electrons. The zero-order valence-corrected chi connectivity index (χ0v) is 27.8. The summed E-state index contributed by atoms with van der Waals surface area (Å²) in [6, 6.07) is 13.6. The van der Waals surface area contributed by atoms with Crippen molar-refractivity contribution < 1.29 is 50.2 Å². The number of fused-ring (bicyclic) bond motifs is 1. The van der Waals surface area contributed by atoms with Crippen LogP contribution in [-0.2, 0) is 27.2 Å². The molecule has 4 N–H and O–H groups in total. The number of halogens is 7. The molecule has 0 aliphatic heterocycles. The van der Waals surface area contributed by atoms with Gasteiger partial charge in [-0.05, 0) is 74.2 Å². The molecule has 0 bridgehead atoms. The average Bonchev–Trinajstić information content (AvgIpc) is 3.36. The summed E-state index contributed by atoms with van der Waals surface area (Å²) in [6.07, 6.45) is -2.54. The second-order valence-corrected chi connectivity index (χ2v) is 12.1. The van der Waals surface area contributed by atoms with Crippen molar-refractivity contribution in [1.29, 1.82) is 0 Å². The maximum absolute atomic E-state index is 13.3. The zero-order valence-electron chi connectivity index (χ0n) is 27.8. The number of carbonyl (C=O) groups excluding carboxylic acids is 3. The molecule has 1 aliphatic carbocycles. The van der Waals surface area contributed by atoms with Crippen LogP contribution in [0.5, 0.6) is 5.75 Å². The van der Waals surface area contributed by atoms with Crippen LogP contribution in [0.15, 0.2) is 53.3 Å². The van der Waals surface area contributed by atoms with E-state index < -0.39 is 23.9 Å². The highest BCUT2D eigenvalue weighted by atomic mass is 19.4. The summed E-state index contributed by atoms with van der Waals surface area (Å²) in [5, 5.41) is 17.8. The van der Waals surface area contributed by atoms with Gasteiger partial charge < -0.3 is 25.6 Å². The summed E-state index contributed by atoms with van der Waals surface area (Å²) in [7, 11) is 0. The van der Waals surface area contributed by atoms with Crippen molar-refractivity contribution in [3.63, 3.8) is 0 Å². The monoisotopic (exact) mass is 730 g/mol. The number of aromatic amines is 1. The predicted molar refractivity (Wildman–Crippen MR) is 176 cm³/mol. The van der Waals surface area contributed by atoms with E-state index in [1.807, 2.05) is 6.07 Å². The number of carbonyl (C=O) groups is 3. The van der Waals surface area contributed by atoms with Crippen molar-refractivity contribution in [2.45, 2.75) is 76.2 Å². The first-order valence-corrected chi connectivity index (χ1v) is 16.6. The summed E-state index contributed by atoms with van der Waals surface area (Å²) >= 11 is 0. The van der Waals surface area contributed by atoms with Crippen LogP contribution < -0.4 is 16.2 Å². The van der Waals surface area contributed by atoms with Gasteiger partial charge >= 0.3 is 23.9 Å². The SMILES string of the molecule is O=C(C(=O)C(F)(F)F)C(F)(F)F.O=C(CCNCCc1ccc(F)cc1)N(CCNCCc1ccc(O)c2[nH]c(=O)ccc12)C1CCCCCC1. The van der Waals surface area contributed by atoms with Crippen molar-refractivity contribution >= 4 is 28.4 Å². The lowest BCUT2D eigenvalue weighted by Crippen LogP contribution is -2.45. The molecule has 1 fully saturated rings. The minimum absolute atomic E-state index is 0.0712. The van der Waals surface area contributed by atoms with E-state index in [-0.39, 0.29) is 23.0 Å². The van der Waals surface area contributed by atoms with Crippen molar-refractivity contribution in [1.82, 2.24) is 20.5 Å². The largest absolute Gasteiger partial charge is 0.506 e. The fraction of sp³-hybridized carbons (Fsp3) is 0.486. The number of hydrogen-bond donors (Lipinski definition) is 4. The molecule has 1 aliphatic rings. The molecule has 1 amide bonds. The number of aromatic hydroxyl groups is 1. The van der Waals surface area contributed by atoms with Crippen LogP contribution in [0.4, 0.5) is 30.7 Å². The van der Waals surface area contributed by atoms with Gasteiger partial charge in [-0.25, -0.2) is 4.39 Å².